The van der Waals surface area contributed by atoms with Gasteiger partial charge in [0, 0.05) is 0 Å². The number of hydrogen-bond donors (Lipinski definition) is 1. The normalized spacial score (nSPS) is 33.2. The second-order valence-corrected chi connectivity index (χ2v) is 4.37. The van der Waals surface area contributed by atoms with Crippen LogP contribution < -0.4 is 0 Å². The van der Waals surface area contributed by atoms with Crippen LogP contribution in [0.4, 0.5) is 0 Å². The van der Waals surface area contributed by atoms with Crippen LogP contribution in [0.5, 0.6) is 0 Å². The van der Waals surface area contributed by atoms with Crippen LogP contribution >= 0.6 is 0 Å². The highest BCUT2D eigenvalue weighted by molar-refractivity contribution is 4.73. The van der Waals surface area contributed by atoms with E-state index >= 15 is 0 Å². The van der Waals surface area contributed by atoms with Gasteiger partial charge in [0.1, 0.15) is 0 Å². The van der Waals surface area contributed by atoms with Crippen LogP contribution in [-0.4, -0.2) is 36.6 Å². The van der Waals surface area contributed by atoms with E-state index in [9.17, 15) is 5.11 Å². The maximum Gasteiger partial charge on any atom is 0.0704 e. The molecule has 0 aromatic rings. The molecule has 1 N–H and O–H groups in total. The van der Waals surface area contributed by atoms with E-state index in [2.05, 4.69) is 0 Å². The lowest BCUT2D eigenvalue weighted by Gasteiger charge is -2.25. The molecule has 0 radical (unpaired) electrons. The zero-order valence-corrected chi connectivity index (χ0v) is 8.65. The summed E-state index contributed by atoms with van der Waals surface area (Å²) < 4.78 is 11.2. The second kappa shape index (κ2) is 5.10. The first-order valence-electron chi connectivity index (χ1n) is 5.76. The van der Waals surface area contributed by atoms with E-state index in [1.54, 1.807) is 0 Å². The molecule has 0 aromatic heterocycles. The van der Waals surface area contributed by atoms with Gasteiger partial charge in [-0.1, -0.05) is 0 Å². The molecular weight excluding hydrogens is 180 g/mol. The zero-order chi connectivity index (χ0) is 9.80. The maximum absolute atomic E-state index is 9.30. The van der Waals surface area contributed by atoms with Gasteiger partial charge >= 0.3 is 0 Å². The first-order chi connectivity index (χ1) is 6.84. The van der Waals surface area contributed by atoms with Crippen LogP contribution in [0.25, 0.3) is 0 Å². The van der Waals surface area contributed by atoms with E-state index < -0.39 is 0 Å². The molecule has 0 heterocycles. The lowest BCUT2D eigenvalue weighted by atomic mass is 9.95. The van der Waals surface area contributed by atoms with Gasteiger partial charge in [-0.15, -0.1) is 0 Å². The lowest BCUT2D eigenvalue weighted by molar-refractivity contribution is -0.0308. The summed E-state index contributed by atoms with van der Waals surface area (Å²) in [5.41, 5.74) is 0. The number of hydrogen-bond acceptors (Lipinski definition) is 3. The Kier molecular flexibility index (Phi) is 3.79. The number of rotatable bonds is 5. The monoisotopic (exact) mass is 200 g/mol. The van der Waals surface area contributed by atoms with Crippen molar-refractivity contribution in [2.45, 2.75) is 56.8 Å². The first-order valence-corrected chi connectivity index (χ1v) is 5.76. The van der Waals surface area contributed by atoms with Gasteiger partial charge in [-0.05, 0) is 38.5 Å². The van der Waals surface area contributed by atoms with Gasteiger partial charge in [0.15, 0.2) is 0 Å². The summed E-state index contributed by atoms with van der Waals surface area (Å²) in [6.45, 7) is 1.46. The minimum Gasteiger partial charge on any atom is -0.393 e. The van der Waals surface area contributed by atoms with Crippen LogP contribution in [0.1, 0.15) is 38.5 Å². The Labute approximate surface area is 85.4 Å². The van der Waals surface area contributed by atoms with Gasteiger partial charge in [0.05, 0.1) is 31.5 Å². The third kappa shape index (κ3) is 3.56. The molecule has 0 saturated heterocycles. The van der Waals surface area contributed by atoms with Crippen LogP contribution in [0.15, 0.2) is 0 Å². The highest BCUT2D eigenvalue weighted by Gasteiger charge is 2.22. The van der Waals surface area contributed by atoms with Crippen molar-refractivity contribution in [2.24, 2.45) is 0 Å². The minimum absolute atomic E-state index is 0.0856. The molecule has 0 bridgehead atoms. The minimum atomic E-state index is -0.0856. The predicted molar refractivity (Wildman–Crippen MR) is 53.2 cm³/mol. The average molecular weight is 200 g/mol. The van der Waals surface area contributed by atoms with Gasteiger partial charge in [0.2, 0.25) is 0 Å². The SMILES string of the molecule is O[C@H]1CC[C@@H](OCCOC2CC2)CC1. The summed E-state index contributed by atoms with van der Waals surface area (Å²) >= 11 is 0. The molecule has 0 aromatic carbocycles. The molecule has 2 saturated carbocycles. The summed E-state index contributed by atoms with van der Waals surface area (Å²) in [6, 6.07) is 0. The van der Waals surface area contributed by atoms with Gasteiger partial charge in [-0.25, -0.2) is 0 Å². The quantitative estimate of drug-likeness (QED) is 0.683. The van der Waals surface area contributed by atoms with Gasteiger partial charge in [-0.3, -0.25) is 0 Å². The molecule has 3 nitrogen and oxygen atoms in total. The number of ether oxygens (including phenoxy) is 2. The van der Waals surface area contributed by atoms with Gasteiger partial charge in [-0.2, -0.15) is 0 Å². The smallest absolute Gasteiger partial charge is 0.0704 e. The van der Waals surface area contributed by atoms with Crippen molar-refractivity contribution in [1.29, 1.82) is 0 Å². The molecule has 2 fully saturated rings. The number of aliphatic hydroxyl groups is 1. The Hall–Kier alpha value is -0.120. The summed E-state index contributed by atoms with van der Waals surface area (Å²) in [4.78, 5) is 0. The van der Waals surface area contributed by atoms with E-state index in [0.717, 1.165) is 38.9 Å². The number of aliphatic hydroxyl groups excluding tert-OH is 1. The van der Waals surface area contributed by atoms with Crippen LogP contribution in [-0.2, 0) is 9.47 Å². The van der Waals surface area contributed by atoms with Gasteiger partial charge < -0.3 is 14.6 Å². The molecule has 2 aliphatic carbocycles. The Morgan fingerprint density at radius 1 is 0.786 bits per heavy atom. The third-order valence-electron chi connectivity index (χ3n) is 2.96. The third-order valence-corrected chi connectivity index (χ3v) is 2.96. The van der Waals surface area contributed by atoms with Crippen LogP contribution in [0.3, 0.4) is 0 Å². The van der Waals surface area contributed by atoms with E-state index in [1.165, 1.54) is 12.8 Å². The van der Waals surface area contributed by atoms with E-state index in [-0.39, 0.29) is 6.10 Å². The molecule has 14 heavy (non-hydrogen) atoms. The largest absolute Gasteiger partial charge is 0.393 e. The molecule has 2 rings (SSSR count). The fraction of sp³-hybridized carbons (Fsp3) is 1.00. The lowest BCUT2D eigenvalue weighted by Crippen LogP contribution is -2.25. The van der Waals surface area contributed by atoms with Gasteiger partial charge in [0.25, 0.3) is 0 Å². The zero-order valence-electron chi connectivity index (χ0n) is 8.65. The average Bonchev–Trinajstić information content (AvgIpc) is 2.99. The molecule has 3 heteroatoms. The Bertz CT molecular complexity index is 160. The fourth-order valence-corrected chi connectivity index (χ4v) is 1.88. The van der Waals surface area contributed by atoms with E-state index in [1.807, 2.05) is 0 Å². The summed E-state index contributed by atoms with van der Waals surface area (Å²) in [5, 5.41) is 9.30. The molecule has 0 unspecified atom stereocenters. The van der Waals surface area contributed by atoms with Crippen molar-refractivity contribution in [1.82, 2.24) is 0 Å². The Balaban J connectivity index is 1.47. The molecule has 0 atom stereocenters. The topological polar surface area (TPSA) is 38.7 Å². The molecule has 82 valence electrons. The second-order valence-electron chi connectivity index (χ2n) is 4.37. The molecule has 0 amide bonds. The fourth-order valence-electron chi connectivity index (χ4n) is 1.88. The van der Waals surface area contributed by atoms with Crippen LogP contribution in [0, 0.1) is 0 Å². The predicted octanol–water partition coefficient (Wildman–Crippen LogP) is 1.49. The molecular formula is C11H20O3. The van der Waals surface area contributed by atoms with E-state index in [0.29, 0.717) is 12.2 Å². The van der Waals surface area contributed by atoms with Crippen molar-refractivity contribution in [3.63, 3.8) is 0 Å². The van der Waals surface area contributed by atoms with Crippen LogP contribution in [0.2, 0.25) is 0 Å². The Morgan fingerprint density at radius 3 is 1.64 bits per heavy atom. The Morgan fingerprint density at radius 2 is 1.21 bits per heavy atom. The summed E-state index contributed by atoms with van der Waals surface area (Å²) in [7, 11) is 0. The first kappa shape index (κ1) is 10.4. The summed E-state index contributed by atoms with van der Waals surface area (Å²) in [6.07, 6.45) is 7.08. The standard InChI is InChI=1S/C11H20O3/c12-9-1-3-10(4-2-9)13-7-8-14-11-5-6-11/h9-12H,1-8H2/t9-,10+. The van der Waals surface area contributed by atoms with Crippen molar-refractivity contribution < 1.29 is 14.6 Å². The van der Waals surface area contributed by atoms with E-state index in [4.69, 9.17) is 9.47 Å². The molecule has 2 aliphatic rings. The van der Waals surface area contributed by atoms with Crippen molar-refractivity contribution >= 4 is 0 Å². The highest BCUT2D eigenvalue weighted by atomic mass is 16.5. The van der Waals surface area contributed by atoms with Crippen molar-refractivity contribution in [2.75, 3.05) is 13.2 Å². The van der Waals surface area contributed by atoms with Crippen molar-refractivity contribution in [3.8, 4) is 0 Å². The highest BCUT2D eigenvalue weighted by Crippen LogP contribution is 2.24. The summed E-state index contributed by atoms with van der Waals surface area (Å²) in [5.74, 6) is 0. The molecule has 0 spiro atoms. The molecule has 0 aliphatic heterocycles. The van der Waals surface area contributed by atoms with Crippen molar-refractivity contribution in [3.05, 3.63) is 0 Å². The maximum atomic E-state index is 9.30.